The minimum atomic E-state index is -0.512. The number of nitrogens with zero attached hydrogens (tertiary/aromatic N) is 4. The molecule has 2 aromatic carbocycles. The van der Waals surface area contributed by atoms with E-state index in [1.54, 1.807) is 37.3 Å². The minimum Gasteiger partial charge on any atom is -0.248 e. The summed E-state index contributed by atoms with van der Waals surface area (Å²) in [5.74, 6) is 6.55. The van der Waals surface area contributed by atoms with E-state index < -0.39 is 5.69 Å². The zero-order chi connectivity index (χ0) is 17.3. The van der Waals surface area contributed by atoms with Gasteiger partial charge in [0.05, 0.1) is 21.4 Å². The Labute approximate surface area is 148 Å². The second-order valence-corrected chi connectivity index (χ2v) is 5.81. The summed E-state index contributed by atoms with van der Waals surface area (Å²) in [6.45, 7) is 1.69. The fourth-order valence-electron chi connectivity index (χ4n) is 2.23. The third-order valence-corrected chi connectivity index (χ3v) is 4.12. The quantitative estimate of drug-likeness (QED) is 0.572. The third kappa shape index (κ3) is 3.12. The van der Waals surface area contributed by atoms with Gasteiger partial charge in [0.15, 0.2) is 0 Å². The van der Waals surface area contributed by atoms with Crippen molar-refractivity contribution in [1.82, 2.24) is 14.5 Å². The Balaban J connectivity index is 2.06. The molecule has 0 atom stereocenters. The first-order valence-corrected chi connectivity index (χ1v) is 7.76. The summed E-state index contributed by atoms with van der Waals surface area (Å²) in [7, 11) is 0. The number of hydrogen-bond donors (Lipinski definition) is 1. The van der Waals surface area contributed by atoms with E-state index in [2.05, 4.69) is 9.97 Å². The fraction of sp³-hybridized carbons (Fsp3) is 0.0625. The SMILES string of the molecule is Cc1nc(N(N)c2ccccc2)nc(=O)n1-c1ccc(Cl)c(Cl)c1. The Hall–Kier alpha value is -2.41. The van der Waals surface area contributed by atoms with Gasteiger partial charge in [0.1, 0.15) is 5.82 Å². The van der Waals surface area contributed by atoms with Gasteiger partial charge in [0.25, 0.3) is 5.95 Å². The molecule has 0 saturated carbocycles. The summed E-state index contributed by atoms with van der Waals surface area (Å²) < 4.78 is 1.34. The summed E-state index contributed by atoms with van der Waals surface area (Å²) >= 11 is 11.9. The van der Waals surface area contributed by atoms with Gasteiger partial charge in [-0.25, -0.2) is 20.2 Å². The second kappa shape index (κ2) is 6.60. The molecule has 8 heteroatoms. The zero-order valence-corrected chi connectivity index (χ0v) is 14.2. The Morgan fingerprint density at radius 2 is 1.75 bits per heavy atom. The van der Waals surface area contributed by atoms with E-state index in [1.165, 1.54) is 9.58 Å². The van der Waals surface area contributed by atoms with Crippen molar-refractivity contribution >= 4 is 34.8 Å². The molecule has 0 amide bonds. The molecule has 2 N–H and O–H groups in total. The van der Waals surface area contributed by atoms with Crippen LogP contribution in [0.5, 0.6) is 0 Å². The summed E-state index contributed by atoms with van der Waals surface area (Å²) in [4.78, 5) is 20.7. The van der Waals surface area contributed by atoms with Gasteiger partial charge in [-0.1, -0.05) is 41.4 Å². The Kier molecular flexibility index (Phi) is 4.53. The molecule has 3 aromatic rings. The fourth-order valence-corrected chi connectivity index (χ4v) is 2.52. The molecular formula is C16H13Cl2N5O. The van der Waals surface area contributed by atoms with Crippen LogP contribution in [0.25, 0.3) is 5.69 Å². The molecular weight excluding hydrogens is 349 g/mol. The van der Waals surface area contributed by atoms with Crippen LogP contribution < -0.4 is 16.5 Å². The van der Waals surface area contributed by atoms with Gasteiger partial charge in [0, 0.05) is 0 Å². The first kappa shape index (κ1) is 16.4. The number of benzene rings is 2. The normalized spacial score (nSPS) is 10.7. The highest BCUT2D eigenvalue weighted by Gasteiger charge is 2.14. The van der Waals surface area contributed by atoms with E-state index in [0.717, 1.165) is 0 Å². The predicted octanol–water partition coefficient (Wildman–Crippen LogP) is 3.25. The molecule has 0 aliphatic heterocycles. The molecule has 1 heterocycles. The maximum atomic E-state index is 12.4. The van der Waals surface area contributed by atoms with Crippen molar-refractivity contribution in [3.63, 3.8) is 0 Å². The van der Waals surface area contributed by atoms with Gasteiger partial charge < -0.3 is 0 Å². The molecule has 0 fully saturated rings. The lowest BCUT2D eigenvalue weighted by molar-refractivity contribution is 0.792. The van der Waals surface area contributed by atoms with Crippen LogP contribution in [0, 0.1) is 6.92 Å². The molecule has 24 heavy (non-hydrogen) atoms. The van der Waals surface area contributed by atoms with Crippen molar-refractivity contribution in [2.45, 2.75) is 6.92 Å². The Morgan fingerprint density at radius 1 is 1.04 bits per heavy atom. The van der Waals surface area contributed by atoms with Crippen molar-refractivity contribution in [2.75, 3.05) is 5.01 Å². The van der Waals surface area contributed by atoms with Gasteiger partial charge in [-0.3, -0.25) is 0 Å². The first-order valence-electron chi connectivity index (χ1n) is 7.00. The maximum Gasteiger partial charge on any atom is 0.356 e. The highest BCUT2D eigenvalue weighted by atomic mass is 35.5. The van der Waals surface area contributed by atoms with E-state index in [0.29, 0.717) is 27.2 Å². The molecule has 0 radical (unpaired) electrons. The van der Waals surface area contributed by atoms with Crippen molar-refractivity contribution in [3.8, 4) is 5.69 Å². The van der Waals surface area contributed by atoms with E-state index in [1.807, 2.05) is 18.2 Å². The Bertz CT molecular complexity index is 943. The average molecular weight is 362 g/mol. The number of hydrogen-bond acceptors (Lipinski definition) is 5. The largest absolute Gasteiger partial charge is 0.356 e. The zero-order valence-electron chi connectivity index (χ0n) is 12.6. The molecule has 0 saturated heterocycles. The van der Waals surface area contributed by atoms with Crippen LogP contribution in [-0.2, 0) is 0 Å². The number of halogens is 2. The van der Waals surface area contributed by atoms with Gasteiger partial charge >= 0.3 is 5.69 Å². The van der Waals surface area contributed by atoms with Gasteiger partial charge in [-0.2, -0.15) is 9.97 Å². The number of para-hydroxylation sites is 1. The van der Waals surface area contributed by atoms with Crippen LogP contribution in [0.2, 0.25) is 10.0 Å². The van der Waals surface area contributed by atoms with Crippen LogP contribution in [0.3, 0.4) is 0 Å². The van der Waals surface area contributed by atoms with E-state index >= 15 is 0 Å². The maximum absolute atomic E-state index is 12.4. The summed E-state index contributed by atoms with van der Waals surface area (Å²) in [5.41, 5.74) is 0.688. The molecule has 0 bridgehead atoms. The smallest absolute Gasteiger partial charge is 0.248 e. The van der Waals surface area contributed by atoms with E-state index in [4.69, 9.17) is 29.0 Å². The van der Waals surface area contributed by atoms with Gasteiger partial charge in [-0.15, -0.1) is 0 Å². The lowest BCUT2D eigenvalue weighted by Crippen LogP contribution is -2.33. The number of anilines is 2. The van der Waals surface area contributed by atoms with E-state index in [-0.39, 0.29) is 5.95 Å². The summed E-state index contributed by atoms with van der Waals surface area (Å²) in [6.07, 6.45) is 0. The minimum absolute atomic E-state index is 0.111. The molecule has 0 aliphatic carbocycles. The summed E-state index contributed by atoms with van der Waals surface area (Å²) in [5, 5.41) is 2.00. The van der Waals surface area contributed by atoms with Crippen LogP contribution in [0.1, 0.15) is 5.82 Å². The van der Waals surface area contributed by atoms with Gasteiger partial charge in [-0.05, 0) is 37.3 Å². The van der Waals surface area contributed by atoms with Crippen molar-refractivity contribution in [3.05, 3.63) is 74.9 Å². The average Bonchev–Trinajstić information content (AvgIpc) is 2.57. The molecule has 0 unspecified atom stereocenters. The number of aromatic nitrogens is 3. The molecule has 1 aromatic heterocycles. The second-order valence-electron chi connectivity index (χ2n) is 4.99. The van der Waals surface area contributed by atoms with Crippen molar-refractivity contribution in [1.29, 1.82) is 0 Å². The molecule has 0 aliphatic rings. The third-order valence-electron chi connectivity index (χ3n) is 3.38. The van der Waals surface area contributed by atoms with Gasteiger partial charge in [0.2, 0.25) is 0 Å². The highest BCUT2D eigenvalue weighted by molar-refractivity contribution is 6.42. The van der Waals surface area contributed by atoms with Crippen LogP contribution in [0.4, 0.5) is 11.6 Å². The number of hydrazine groups is 1. The lowest BCUT2D eigenvalue weighted by Gasteiger charge is -2.18. The molecule has 122 valence electrons. The topological polar surface area (TPSA) is 77.0 Å². The Morgan fingerprint density at radius 3 is 2.38 bits per heavy atom. The predicted molar refractivity (Wildman–Crippen MR) is 95.2 cm³/mol. The number of nitrogens with two attached hydrogens (primary N) is 1. The number of rotatable bonds is 3. The van der Waals surface area contributed by atoms with Crippen molar-refractivity contribution in [2.24, 2.45) is 5.84 Å². The van der Waals surface area contributed by atoms with Crippen LogP contribution in [-0.4, -0.2) is 14.5 Å². The standard InChI is InChI=1S/C16H13Cl2N5O/c1-10-20-15(23(19)11-5-3-2-4-6-11)21-16(24)22(10)12-7-8-13(17)14(18)9-12/h2-9H,19H2,1H3. The number of aryl methyl sites for hydroxylation is 1. The highest BCUT2D eigenvalue weighted by Crippen LogP contribution is 2.24. The summed E-state index contributed by atoms with van der Waals surface area (Å²) in [6, 6.07) is 14.0. The molecule has 0 spiro atoms. The monoisotopic (exact) mass is 361 g/mol. The van der Waals surface area contributed by atoms with Crippen LogP contribution in [0.15, 0.2) is 53.3 Å². The molecule has 6 nitrogen and oxygen atoms in total. The van der Waals surface area contributed by atoms with E-state index in [9.17, 15) is 4.79 Å². The van der Waals surface area contributed by atoms with Crippen molar-refractivity contribution < 1.29 is 0 Å². The van der Waals surface area contributed by atoms with Crippen LogP contribution >= 0.6 is 23.2 Å². The first-order chi connectivity index (χ1) is 11.5. The molecule has 3 rings (SSSR count). The lowest BCUT2D eigenvalue weighted by atomic mass is 10.3.